The molecule has 1 aromatic carbocycles. The lowest BCUT2D eigenvalue weighted by Gasteiger charge is -2.10. The molecule has 0 saturated heterocycles. The number of rotatable bonds is 3. The molecule has 0 aliphatic rings. The van der Waals surface area contributed by atoms with E-state index in [-0.39, 0.29) is 4.99 Å². The zero-order valence-corrected chi connectivity index (χ0v) is 12.0. The van der Waals surface area contributed by atoms with Gasteiger partial charge >= 0.3 is 0 Å². The summed E-state index contributed by atoms with van der Waals surface area (Å²) in [6.45, 7) is 1.94. The van der Waals surface area contributed by atoms with Crippen molar-refractivity contribution >= 4 is 33.1 Å². The van der Waals surface area contributed by atoms with Crippen molar-refractivity contribution in [1.82, 2.24) is 9.97 Å². The number of nitrogens with zero attached hydrogens (tertiary/aromatic N) is 2. The summed E-state index contributed by atoms with van der Waals surface area (Å²) in [6, 6.07) is 5.73. The second-order valence-electron chi connectivity index (χ2n) is 3.59. The summed E-state index contributed by atoms with van der Waals surface area (Å²) in [7, 11) is 0. The van der Waals surface area contributed by atoms with E-state index in [1.807, 2.05) is 25.1 Å². The minimum atomic E-state index is 0.158. The fourth-order valence-electron chi connectivity index (χ4n) is 1.36. The van der Waals surface area contributed by atoms with E-state index in [1.165, 1.54) is 12.4 Å². The lowest BCUT2D eigenvalue weighted by atomic mass is 10.2. The average molecular weight is 324 g/mol. The molecule has 0 unspecified atom stereocenters. The number of aromatic nitrogens is 2. The maximum atomic E-state index is 5.71. The number of ether oxygens (including phenoxy) is 1. The molecule has 2 rings (SSSR count). The molecule has 0 aliphatic carbocycles. The summed E-state index contributed by atoms with van der Waals surface area (Å²) in [5.74, 6) is 0.994. The molecule has 0 spiro atoms. The Morgan fingerprint density at radius 1 is 1.33 bits per heavy atom. The smallest absolute Gasteiger partial charge is 0.248 e. The van der Waals surface area contributed by atoms with Gasteiger partial charge in [0.1, 0.15) is 10.7 Å². The third-order valence-corrected chi connectivity index (χ3v) is 2.94. The first-order valence-corrected chi connectivity index (χ1v) is 6.33. The molecule has 6 heteroatoms. The Balaban J connectivity index is 2.40. The normalized spacial score (nSPS) is 10.1. The highest BCUT2D eigenvalue weighted by Crippen LogP contribution is 2.28. The van der Waals surface area contributed by atoms with Gasteiger partial charge in [-0.05, 0) is 24.6 Å². The number of aryl methyl sites for hydroxylation is 1. The topological polar surface area (TPSA) is 61.0 Å². The molecule has 92 valence electrons. The second kappa shape index (κ2) is 5.41. The van der Waals surface area contributed by atoms with Gasteiger partial charge in [0.25, 0.3) is 0 Å². The number of hydrogen-bond donors (Lipinski definition) is 1. The van der Waals surface area contributed by atoms with E-state index in [1.54, 1.807) is 0 Å². The molecular formula is C12H10BrN3OS. The molecule has 18 heavy (non-hydrogen) atoms. The lowest BCUT2D eigenvalue weighted by Crippen LogP contribution is -2.13. The van der Waals surface area contributed by atoms with Crippen LogP contribution in [0.3, 0.4) is 0 Å². The molecule has 0 radical (unpaired) electrons. The molecular weight excluding hydrogens is 314 g/mol. The zero-order chi connectivity index (χ0) is 13.1. The second-order valence-corrected chi connectivity index (χ2v) is 4.94. The predicted molar refractivity (Wildman–Crippen MR) is 76.9 cm³/mol. The summed E-state index contributed by atoms with van der Waals surface area (Å²) in [5, 5.41) is 0. The Bertz CT molecular complexity index is 604. The van der Waals surface area contributed by atoms with E-state index in [4.69, 9.17) is 22.7 Å². The van der Waals surface area contributed by atoms with Crippen molar-refractivity contribution in [3.63, 3.8) is 0 Å². The Kier molecular flexibility index (Phi) is 3.88. The van der Waals surface area contributed by atoms with Gasteiger partial charge in [0.2, 0.25) is 5.88 Å². The molecule has 2 N–H and O–H groups in total. The first kappa shape index (κ1) is 12.9. The van der Waals surface area contributed by atoms with Crippen molar-refractivity contribution in [2.45, 2.75) is 6.92 Å². The van der Waals surface area contributed by atoms with Gasteiger partial charge in [-0.2, -0.15) is 0 Å². The fraction of sp³-hybridized carbons (Fsp3) is 0.0833. The highest BCUT2D eigenvalue weighted by Gasteiger charge is 2.11. The first-order valence-electron chi connectivity index (χ1n) is 5.13. The summed E-state index contributed by atoms with van der Waals surface area (Å²) in [6.07, 6.45) is 3.06. The maximum absolute atomic E-state index is 5.71. The van der Waals surface area contributed by atoms with E-state index in [9.17, 15) is 0 Å². The number of halogens is 1. The van der Waals surface area contributed by atoms with Gasteiger partial charge in [-0.25, -0.2) is 9.97 Å². The number of hydrogen-bond acceptors (Lipinski definition) is 4. The van der Waals surface area contributed by atoms with E-state index in [2.05, 4.69) is 25.9 Å². The van der Waals surface area contributed by atoms with Crippen LogP contribution in [0.2, 0.25) is 0 Å². The summed E-state index contributed by atoms with van der Waals surface area (Å²) >= 11 is 8.30. The molecule has 0 saturated carbocycles. The van der Waals surface area contributed by atoms with E-state index < -0.39 is 0 Å². The van der Waals surface area contributed by atoms with Gasteiger partial charge in [0, 0.05) is 16.9 Å². The Hall–Kier alpha value is -1.53. The number of thiocarbonyl (C=S) groups is 1. The van der Waals surface area contributed by atoms with Crippen LogP contribution >= 0.6 is 28.1 Å². The maximum Gasteiger partial charge on any atom is 0.248 e. The highest BCUT2D eigenvalue weighted by molar-refractivity contribution is 9.10. The Labute approximate surface area is 118 Å². The van der Waals surface area contributed by atoms with Crippen LogP contribution in [-0.2, 0) is 0 Å². The first-order chi connectivity index (χ1) is 8.58. The molecule has 0 amide bonds. The Morgan fingerprint density at radius 3 is 2.78 bits per heavy atom. The van der Waals surface area contributed by atoms with Gasteiger partial charge < -0.3 is 10.5 Å². The van der Waals surface area contributed by atoms with Gasteiger partial charge in [-0.3, -0.25) is 0 Å². The standard InChI is InChI=1S/C12H10BrN3OS/c1-7-2-3-8(13)6-9(7)17-12-10(11(14)18)15-4-5-16-12/h2-6H,1H3,(H2,14,18). The minimum absolute atomic E-state index is 0.158. The van der Waals surface area contributed by atoms with Crippen LogP contribution in [0, 0.1) is 6.92 Å². The quantitative estimate of drug-likeness (QED) is 0.880. The number of benzene rings is 1. The Morgan fingerprint density at radius 2 is 2.06 bits per heavy atom. The third-order valence-electron chi connectivity index (χ3n) is 2.25. The van der Waals surface area contributed by atoms with Crippen LogP contribution in [0.15, 0.2) is 35.1 Å². The number of nitrogens with two attached hydrogens (primary N) is 1. The monoisotopic (exact) mass is 323 g/mol. The predicted octanol–water partition coefficient (Wildman–Crippen LogP) is 2.97. The van der Waals surface area contributed by atoms with Crippen molar-refractivity contribution in [1.29, 1.82) is 0 Å². The summed E-state index contributed by atoms with van der Waals surface area (Å²) < 4.78 is 6.63. The van der Waals surface area contributed by atoms with Gasteiger partial charge in [-0.1, -0.05) is 34.2 Å². The van der Waals surface area contributed by atoms with Crippen molar-refractivity contribution in [3.05, 3.63) is 46.3 Å². The van der Waals surface area contributed by atoms with Gasteiger partial charge in [-0.15, -0.1) is 0 Å². The molecule has 0 atom stereocenters. The fourth-order valence-corrected chi connectivity index (χ4v) is 1.84. The molecule has 0 bridgehead atoms. The lowest BCUT2D eigenvalue weighted by molar-refractivity contribution is 0.455. The van der Waals surface area contributed by atoms with Crippen LogP contribution in [0.25, 0.3) is 0 Å². The molecule has 4 nitrogen and oxygen atoms in total. The summed E-state index contributed by atoms with van der Waals surface area (Å²) in [4.78, 5) is 8.32. The third kappa shape index (κ3) is 2.83. The molecule has 0 aliphatic heterocycles. The van der Waals surface area contributed by atoms with Crippen molar-refractivity contribution < 1.29 is 4.74 Å². The van der Waals surface area contributed by atoms with Crippen LogP contribution in [-0.4, -0.2) is 15.0 Å². The van der Waals surface area contributed by atoms with Gasteiger partial charge in [0.15, 0.2) is 5.69 Å². The zero-order valence-electron chi connectivity index (χ0n) is 9.55. The largest absolute Gasteiger partial charge is 0.437 e. The molecule has 0 fully saturated rings. The van der Waals surface area contributed by atoms with Crippen LogP contribution in [0.5, 0.6) is 11.6 Å². The van der Waals surface area contributed by atoms with Crippen LogP contribution < -0.4 is 10.5 Å². The molecule has 1 aromatic heterocycles. The van der Waals surface area contributed by atoms with Crippen LogP contribution in [0.1, 0.15) is 11.3 Å². The summed E-state index contributed by atoms with van der Waals surface area (Å²) in [5.41, 5.74) is 6.94. The van der Waals surface area contributed by atoms with Crippen molar-refractivity contribution in [3.8, 4) is 11.6 Å². The van der Waals surface area contributed by atoms with Crippen molar-refractivity contribution in [2.24, 2.45) is 5.73 Å². The minimum Gasteiger partial charge on any atom is -0.437 e. The molecule has 2 aromatic rings. The van der Waals surface area contributed by atoms with Gasteiger partial charge in [0.05, 0.1) is 0 Å². The highest BCUT2D eigenvalue weighted by atomic mass is 79.9. The molecule has 1 heterocycles. The van der Waals surface area contributed by atoms with Crippen LogP contribution in [0.4, 0.5) is 0 Å². The van der Waals surface area contributed by atoms with E-state index in [0.717, 1.165) is 10.0 Å². The SMILES string of the molecule is Cc1ccc(Br)cc1Oc1nccnc1C(N)=S. The average Bonchev–Trinajstić information content (AvgIpc) is 2.34. The van der Waals surface area contributed by atoms with E-state index >= 15 is 0 Å². The van der Waals surface area contributed by atoms with E-state index in [0.29, 0.717) is 17.3 Å². The van der Waals surface area contributed by atoms with Crippen molar-refractivity contribution in [2.75, 3.05) is 0 Å².